The molecule has 5 heteroatoms. The second-order valence-corrected chi connectivity index (χ2v) is 4.27. The Labute approximate surface area is 66.4 Å². The van der Waals surface area contributed by atoms with Crippen molar-refractivity contribution in [3.63, 3.8) is 0 Å². The number of hydrogen-bond acceptors (Lipinski definition) is 2. The number of sulfone groups is 1. The summed E-state index contributed by atoms with van der Waals surface area (Å²) in [7, 11) is -3.05. The Hall–Kier alpha value is -1.07. The van der Waals surface area contributed by atoms with E-state index in [0.29, 0.717) is 0 Å². The molecule has 11 heavy (non-hydrogen) atoms. The smallest absolute Gasteiger partial charge is 0.228 e. The van der Waals surface area contributed by atoms with Gasteiger partial charge in [0.25, 0.3) is 26.2 Å². The minimum Gasteiger partial charge on any atom is -0.228 e. The summed E-state index contributed by atoms with van der Waals surface area (Å²) in [5, 5.41) is 0. The third-order valence-electron chi connectivity index (χ3n) is 1.06. The van der Waals surface area contributed by atoms with Gasteiger partial charge in [-0.3, -0.25) is 0 Å². The fourth-order valence-electron chi connectivity index (χ4n) is 0.486. The minimum absolute atomic E-state index is 0.0288. The van der Waals surface area contributed by atoms with Gasteiger partial charge in [0.1, 0.15) is 11.5 Å². The number of hydrogen-bond donors (Lipinski definition) is 0. The average Bonchev–Trinajstić information content (AvgIpc) is 1.97. The molecule has 0 rings (SSSR count). The molecule has 0 aliphatic carbocycles. The van der Waals surface area contributed by atoms with E-state index in [1.807, 2.05) is 0 Å². The van der Waals surface area contributed by atoms with E-state index >= 15 is 0 Å². The van der Waals surface area contributed by atoms with E-state index in [4.69, 9.17) is 13.1 Å². The van der Waals surface area contributed by atoms with Crippen LogP contribution in [-0.2, 0) is 9.84 Å². The summed E-state index contributed by atoms with van der Waals surface area (Å²) in [5.41, 5.74) is 0. The third kappa shape index (κ3) is 5.38. The van der Waals surface area contributed by atoms with Gasteiger partial charge in [-0.1, -0.05) is 9.69 Å². The molecule has 0 aromatic rings. The van der Waals surface area contributed by atoms with Crippen molar-refractivity contribution in [1.82, 2.24) is 0 Å². The Kier molecular flexibility index (Phi) is 4.24. The standard InChI is InChI=1S/C6H10N2O2S/c1-7-3-5-11(9,10)6-4-8-2/h1-2H,3-6H2/q+2. The summed E-state index contributed by atoms with van der Waals surface area (Å²) in [6, 6.07) is 0. The molecule has 0 fully saturated rings. The van der Waals surface area contributed by atoms with Crippen molar-refractivity contribution in [3.05, 3.63) is 9.69 Å². The first-order chi connectivity index (χ1) is 5.12. The van der Waals surface area contributed by atoms with Crippen molar-refractivity contribution in [1.29, 1.82) is 0 Å². The molecule has 0 unspecified atom stereocenters. The minimum atomic E-state index is -3.05. The maximum atomic E-state index is 10.9. The van der Waals surface area contributed by atoms with Gasteiger partial charge in [0.15, 0.2) is 9.84 Å². The van der Waals surface area contributed by atoms with Crippen molar-refractivity contribution >= 4 is 9.84 Å². The quantitative estimate of drug-likeness (QED) is 0.616. The van der Waals surface area contributed by atoms with E-state index in [0.717, 1.165) is 0 Å². The predicted molar refractivity (Wildman–Crippen MR) is 45.0 cm³/mol. The second kappa shape index (κ2) is 4.70. The first-order valence-electron chi connectivity index (χ1n) is 3.06. The molecule has 0 heterocycles. The van der Waals surface area contributed by atoms with Gasteiger partial charge in [0, 0.05) is 0 Å². The Balaban J connectivity index is 3.86. The lowest BCUT2D eigenvalue weighted by Gasteiger charge is -1.89. The topological polar surface area (TPSA) is 42.9 Å². The average molecular weight is 174 g/mol. The van der Waals surface area contributed by atoms with Crippen LogP contribution < -0.4 is 0 Å². The second-order valence-electron chi connectivity index (χ2n) is 1.96. The highest BCUT2D eigenvalue weighted by atomic mass is 32.2. The first kappa shape index (κ1) is 9.93. The van der Waals surface area contributed by atoms with Gasteiger partial charge in [-0.25, -0.2) is 8.42 Å². The van der Waals surface area contributed by atoms with Crippen LogP contribution in [-0.4, -0.2) is 33.0 Å². The summed E-state index contributed by atoms with van der Waals surface area (Å²) in [6.07, 6.45) is 0. The van der Waals surface area contributed by atoms with E-state index < -0.39 is 9.84 Å². The Bertz CT molecular complexity index is 257. The Morgan fingerprint density at radius 1 is 1.00 bits per heavy atom. The lowest BCUT2D eigenvalue weighted by molar-refractivity contribution is 0.597. The molecular weight excluding hydrogens is 164 g/mol. The first-order valence-corrected chi connectivity index (χ1v) is 4.88. The molecular formula is C6H10N2O2S+2. The summed E-state index contributed by atoms with van der Waals surface area (Å²) >= 11 is 0. The zero-order valence-electron chi connectivity index (χ0n) is 6.10. The molecule has 0 aromatic carbocycles. The fourth-order valence-corrected chi connectivity index (χ4v) is 1.46. The summed E-state index contributed by atoms with van der Waals surface area (Å²) in [5.74, 6) is -0.0575. The monoisotopic (exact) mass is 174 g/mol. The molecule has 0 radical (unpaired) electrons. The molecule has 60 valence electrons. The van der Waals surface area contributed by atoms with Gasteiger partial charge in [-0.15, -0.1) is 0 Å². The molecule has 0 bridgehead atoms. The van der Waals surface area contributed by atoms with Gasteiger partial charge in [0.2, 0.25) is 0 Å². The van der Waals surface area contributed by atoms with Crippen LogP contribution in [0, 0.1) is 13.1 Å². The summed E-state index contributed by atoms with van der Waals surface area (Å²) < 4.78 is 21.8. The lowest BCUT2D eigenvalue weighted by Crippen LogP contribution is -2.14. The zero-order valence-corrected chi connectivity index (χ0v) is 6.92. The molecule has 0 N–H and O–H groups in total. The van der Waals surface area contributed by atoms with Crippen molar-refractivity contribution in [2.24, 2.45) is 0 Å². The van der Waals surface area contributed by atoms with Crippen LogP contribution in [0.25, 0.3) is 9.69 Å². The van der Waals surface area contributed by atoms with Crippen LogP contribution in [0.3, 0.4) is 0 Å². The highest BCUT2D eigenvalue weighted by Gasteiger charge is 2.15. The van der Waals surface area contributed by atoms with Gasteiger partial charge in [-0.05, 0) is 0 Å². The van der Waals surface area contributed by atoms with Gasteiger partial charge in [0.05, 0.1) is 0 Å². The molecule has 4 nitrogen and oxygen atoms in total. The van der Waals surface area contributed by atoms with Crippen LogP contribution in [0.1, 0.15) is 0 Å². The maximum Gasteiger partial charge on any atom is 0.277 e. The molecule has 0 spiro atoms. The largest absolute Gasteiger partial charge is 0.277 e. The van der Waals surface area contributed by atoms with E-state index in [2.05, 4.69) is 9.69 Å². The molecule has 0 aliphatic heterocycles. The molecule has 0 amide bonds. The van der Waals surface area contributed by atoms with E-state index in [9.17, 15) is 8.42 Å². The van der Waals surface area contributed by atoms with Gasteiger partial charge in [-0.2, -0.15) is 0 Å². The lowest BCUT2D eigenvalue weighted by atomic mass is 10.8. The van der Waals surface area contributed by atoms with Gasteiger partial charge < -0.3 is 0 Å². The van der Waals surface area contributed by atoms with Crippen LogP contribution >= 0.6 is 0 Å². The fraction of sp³-hybridized carbons (Fsp3) is 0.667. The predicted octanol–water partition coefficient (Wildman–Crippen LogP) is 0.327. The van der Waals surface area contributed by atoms with E-state index in [1.165, 1.54) is 0 Å². The normalized spacial score (nSPS) is 10.0. The molecule has 0 aromatic heterocycles. The zero-order chi connectivity index (χ0) is 8.74. The number of nitrogens with zero attached hydrogens (tertiary/aromatic N) is 2. The molecule has 0 saturated carbocycles. The third-order valence-corrected chi connectivity index (χ3v) is 2.67. The molecule has 0 atom stereocenters. The highest BCUT2D eigenvalue weighted by Crippen LogP contribution is 1.90. The maximum absolute atomic E-state index is 10.9. The van der Waals surface area contributed by atoms with Gasteiger partial charge >= 0.3 is 0 Å². The Morgan fingerprint density at radius 2 is 1.36 bits per heavy atom. The van der Waals surface area contributed by atoms with Crippen LogP contribution in [0.2, 0.25) is 0 Å². The van der Waals surface area contributed by atoms with E-state index in [-0.39, 0.29) is 24.6 Å². The SMILES string of the molecule is C#[N+]CCS(=O)(=O)CC[N+]#C. The van der Waals surface area contributed by atoms with Crippen molar-refractivity contribution < 1.29 is 8.42 Å². The Morgan fingerprint density at radius 3 is 1.64 bits per heavy atom. The highest BCUT2D eigenvalue weighted by molar-refractivity contribution is 7.91. The van der Waals surface area contributed by atoms with E-state index in [1.54, 1.807) is 0 Å². The number of rotatable bonds is 4. The molecule has 0 saturated heterocycles. The molecule has 0 aliphatic rings. The van der Waals surface area contributed by atoms with Crippen LogP contribution in [0.5, 0.6) is 0 Å². The van der Waals surface area contributed by atoms with Crippen LogP contribution in [0.15, 0.2) is 0 Å². The van der Waals surface area contributed by atoms with Crippen molar-refractivity contribution in [2.75, 3.05) is 24.6 Å². The summed E-state index contributed by atoms with van der Waals surface area (Å²) in [4.78, 5) is 6.38. The van der Waals surface area contributed by atoms with Crippen LogP contribution in [0.4, 0.5) is 0 Å². The summed E-state index contributed by atoms with van der Waals surface area (Å²) in [6.45, 7) is 9.82. The van der Waals surface area contributed by atoms with Crippen molar-refractivity contribution in [2.45, 2.75) is 0 Å². The van der Waals surface area contributed by atoms with Crippen molar-refractivity contribution in [3.8, 4) is 13.1 Å².